The Morgan fingerprint density at radius 3 is 2.54 bits per heavy atom. The summed E-state index contributed by atoms with van der Waals surface area (Å²) in [6, 6.07) is 7.25. The quantitative estimate of drug-likeness (QED) is 0.624. The molecule has 0 aliphatic carbocycles. The maximum absolute atomic E-state index is 12.4. The van der Waals surface area contributed by atoms with Crippen molar-refractivity contribution in [1.29, 1.82) is 0 Å². The summed E-state index contributed by atoms with van der Waals surface area (Å²) in [4.78, 5) is 16.8. The Morgan fingerprint density at radius 1 is 1.23 bits per heavy atom. The van der Waals surface area contributed by atoms with Gasteiger partial charge in [0.25, 0.3) is 5.91 Å². The van der Waals surface area contributed by atoms with Crippen LogP contribution in [-0.2, 0) is 5.41 Å². The summed E-state index contributed by atoms with van der Waals surface area (Å²) < 4.78 is 5.38. The minimum absolute atomic E-state index is 0.184. The number of aromatic nitrogens is 2. The second-order valence-electron chi connectivity index (χ2n) is 6.86. The van der Waals surface area contributed by atoms with Crippen molar-refractivity contribution in [3.05, 3.63) is 51.7 Å². The molecule has 0 bridgehead atoms. The Morgan fingerprint density at radius 2 is 1.92 bits per heavy atom. The zero-order valence-electron chi connectivity index (χ0n) is 14.9. The van der Waals surface area contributed by atoms with Crippen LogP contribution in [0.3, 0.4) is 0 Å². The molecule has 0 atom stereocenters. The van der Waals surface area contributed by atoms with Crippen LogP contribution in [-0.4, -0.2) is 16.0 Å². The first kappa shape index (κ1) is 18.4. The Bertz CT molecular complexity index is 926. The SMILES string of the molecule is Cc1c(NC(=O)c2csc(Nc3ccc(Cl)cc3)n2)noc1C(C)(C)C. The molecule has 3 rings (SSSR count). The van der Waals surface area contributed by atoms with Gasteiger partial charge in [0.1, 0.15) is 11.5 Å². The molecule has 1 amide bonds. The molecule has 26 heavy (non-hydrogen) atoms. The number of thiazole rings is 1. The van der Waals surface area contributed by atoms with Crippen molar-refractivity contribution >= 4 is 45.5 Å². The molecule has 0 fully saturated rings. The molecule has 0 radical (unpaired) electrons. The lowest BCUT2D eigenvalue weighted by Gasteiger charge is -2.14. The van der Waals surface area contributed by atoms with E-state index >= 15 is 0 Å². The number of carbonyl (C=O) groups excluding carboxylic acids is 1. The molecule has 8 heteroatoms. The lowest BCUT2D eigenvalue weighted by molar-refractivity contribution is 0.102. The van der Waals surface area contributed by atoms with Gasteiger partial charge in [0.2, 0.25) is 0 Å². The molecule has 136 valence electrons. The van der Waals surface area contributed by atoms with E-state index in [1.807, 2.05) is 39.8 Å². The van der Waals surface area contributed by atoms with Gasteiger partial charge in [-0.1, -0.05) is 37.5 Å². The molecule has 2 heterocycles. The van der Waals surface area contributed by atoms with Crippen molar-refractivity contribution in [2.75, 3.05) is 10.6 Å². The van der Waals surface area contributed by atoms with Crippen LogP contribution in [0.1, 0.15) is 42.6 Å². The molecule has 2 N–H and O–H groups in total. The number of amides is 1. The van der Waals surface area contributed by atoms with Crippen molar-refractivity contribution in [3.8, 4) is 0 Å². The normalized spacial score (nSPS) is 11.4. The summed E-state index contributed by atoms with van der Waals surface area (Å²) in [5.74, 6) is 0.832. The average molecular weight is 391 g/mol. The molecular formula is C18H19ClN4O2S. The highest BCUT2D eigenvalue weighted by atomic mass is 35.5. The van der Waals surface area contributed by atoms with E-state index in [9.17, 15) is 4.79 Å². The summed E-state index contributed by atoms with van der Waals surface area (Å²) in [5, 5.41) is 12.8. The van der Waals surface area contributed by atoms with Crippen LogP contribution in [0.5, 0.6) is 0 Å². The Kier molecular flexibility index (Phi) is 5.02. The molecule has 0 spiro atoms. The smallest absolute Gasteiger partial charge is 0.276 e. The van der Waals surface area contributed by atoms with Gasteiger partial charge >= 0.3 is 0 Å². The van der Waals surface area contributed by atoms with Gasteiger partial charge in [0.15, 0.2) is 10.9 Å². The number of hydrogen-bond donors (Lipinski definition) is 2. The van der Waals surface area contributed by atoms with E-state index < -0.39 is 0 Å². The van der Waals surface area contributed by atoms with Crippen LogP contribution in [0.2, 0.25) is 5.02 Å². The topological polar surface area (TPSA) is 80.0 Å². The third-order valence-electron chi connectivity index (χ3n) is 3.67. The second kappa shape index (κ2) is 7.09. The lowest BCUT2D eigenvalue weighted by Crippen LogP contribution is -2.15. The predicted octanol–water partition coefficient (Wildman–Crippen LogP) is 5.39. The summed E-state index contributed by atoms with van der Waals surface area (Å²) >= 11 is 7.21. The Balaban J connectivity index is 1.70. The van der Waals surface area contributed by atoms with Gasteiger partial charge < -0.3 is 15.2 Å². The molecule has 3 aromatic rings. The van der Waals surface area contributed by atoms with Crippen molar-refractivity contribution in [1.82, 2.24) is 10.1 Å². The summed E-state index contributed by atoms with van der Waals surface area (Å²) in [7, 11) is 0. The number of halogens is 1. The molecule has 1 aromatic carbocycles. The van der Waals surface area contributed by atoms with Gasteiger partial charge in [-0.05, 0) is 31.2 Å². The average Bonchev–Trinajstić information content (AvgIpc) is 3.17. The molecule has 0 saturated carbocycles. The molecular weight excluding hydrogens is 372 g/mol. The van der Waals surface area contributed by atoms with Crippen LogP contribution >= 0.6 is 22.9 Å². The van der Waals surface area contributed by atoms with Crippen molar-refractivity contribution in [2.24, 2.45) is 0 Å². The zero-order valence-corrected chi connectivity index (χ0v) is 16.5. The third-order valence-corrected chi connectivity index (χ3v) is 4.68. The van der Waals surface area contributed by atoms with Crippen molar-refractivity contribution in [3.63, 3.8) is 0 Å². The van der Waals surface area contributed by atoms with E-state index in [0.717, 1.165) is 17.0 Å². The van der Waals surface area contributed by atoms with Gasteiger partial charge in [-0.2, -0.15) is 0 Å². The van der Waals surface area contributed by atoms with E-state index in [2.05, 4.69) is 20.8 Å². The number of benzene rings is 1. The highest BCUT2D eigenvalue weighted by Crippen LogP contribution is 2.30. The van der Waals surface area contributed by atoms with E-state index in [4.69, 9.17) is 16.1 Å². The number of rotatable bonds is 4. The number of anilines is 3. The molecule has 0 saturated heterocycles. The van der Waals surface area contributed by atoms with Crippen LogP contribution in [0, 0.1) is 6.92 Å². The third kappa shape index (κ3) is 4.05. The van der Waals surface area contributed by atoms with Gasteiger partial charge in [-0.3, -0.25) is 4.79 Å². The standard InChI is InChI=1S/C18H19ClN4O2S/c1-10-14(18(2,3)4)25-23-15(10)22-16(24)13-9-26-17(21-13)20-12-7-5-11(19)6-8-12/h5-9H,1-4H3,(H,20,21)(H,22,23,24). The van der Waals surface area contributed by atoms with Crippen LogP contribution in [0.25, 0.3) is 0 Å². The fraction of sp³-hybridized carbons (Fsp3) is 0.278. The monoisotopic (exact) mass is 390 g/mol. The van der Waals surface area contributed by atoms with Crippen molar-refractivity contribution in [2.45, 2.75) is 33.1 Å². The fourth-order valence-corrected chi connectivity index (χ4v) is 3.25. The number of nitrogens with zero attached hydrogens (tertiary/aromatic N) is 2. The first-order valence-corrected chi connectivity index (χ1v) is 9.26. The largest absolute Gasteiger partial charge is 0.358 e. The number of hydrogen-bond acceptors (Lipinski definition) is 6. The highest BCUT2D eigenvalue weighted by Gasteiger charge is 2.25. The fourth-order valence-electron chi connectivity index (χ4n) is 2.42. The minimum Gasteiger partial charge on any atom is -0.358 e. The van der Waals surface area contributed by atoms with Crippen LogP contribution in [0.4, 0.5) is 16.6 Å². The maximum Gasteiger partial charge on any atom is 0.276 e. The van der Waals surface area contributed by atoms with Gasteiger partial charge in [-0.25, -0.2) is 4.98 Å². The molecule has 6 nitrogen and oxygen atoms in total. The van der Waals surface area contributed by atoms with Gasteiger partial charge in [-0.15, -0.1) is 11.3 Å². The Hall–Kier alpha value is -2.38. The highest BCUT2D eigenvalue weighted by molar-refractivity contribution is 7.14. The number of nitrogens with one attached hydrogen (secondary N) is 2. The van der Waals surface area contributed by atoms with E-state index in [-0.39, 0.29) is 11.3 Å². The molecule has 2 aromatic heterocycles. The molecule has 0 unspecified atom stereocenters. The Labute approximate surface area is 160 Å². The van der Waals surface area contributed by atoms with E-state index in [0.29, 0.717) is 21.7 Å². The van der Waals surface area contributed by atoms with Gasteiger partial charge in [0, 0.05) is 27.1 Å². The second-order valence-corrected chi connectivity index (χ2v) is 8.15. The number of carbonyl (C=O) groups is 1. The van der Waals surface area contributed by atoms with Crippen LogP contribution in [0.15, 0.2) is 34.2 Å². The lowest BCUT2D eigenvalue weighted by atomic mass is 9.91. The van der Waals surface area contributed by atoms with E-state index in [1.165, 1.54) is 11.3 Å². The van der Waals surface area contributed by atoms with Crippen LogP contribution < -0.4 is 10.6 Å². The minimum atomic E-state index is -0.331. The summed E-state index contributed by atoms with van der Waals surface area (Å²) in [6.45, 7) is 7.96. The van der Waals surface area contributed by atoms with Crippen molar-refractivity contribution < 1.29 is 9.32 Å². The van der Waals surface area contributed by atoms with Gasteiger partial charge in [0.05, 0.1) is 0 Å². The maximum atomic E-state index is 12.4. The predicted molar refractivity (Wildman–Crippen MR) is 105 cm³/mol. The molecule has 0 aliphatic rings. The first-order chi connectivity index (χ1) is 12.2. The van der Waals surface area contributed by atoms with E-state index in [1.54, 1.807) is 17.5 Å². The summed E-state index contributed by atoms with van der Waals surface area (Å²) in [5.41, 5.74) is 1.79. The first-order valence-electron chi connectivity index (χ1n) is 8.00. The molecule has 0 aliphatic heterocycles. The zero-order chi connectivity index (χ0) is 18.9. The summed E-state index contributed by atoms with van der Waals surface area (Å²) in [6.07, 6.45) is 0.